The van der Waals surface area contributed by atoms with E-state index in [2.05, 4.69) is 41.8 Å². The molecule has 0 amide bonds. The minimum Gasteiger partial charge on any atom is -0.437 e. The molecule has 0 spiro atoms. The minimum atomic E-state index is -0.648. The van der Waals surface area contributed by atoms with Gasteiger partial charge in [0.15, 0.2) is 6.20 Å². The predicted molar refractivity (Wildman–Crippen MR) is 114 cm³/mol. The van der Waals surface area contributed by atoms with Crippen LogP contribution in [0.15, 0.2) is 65.2 Å². The van der Waals surface area contributed by atoms with Gasteiger partial charge in [0, 0.05) is 35.2 Å². The van der Waals surface area contributed by atoms with E-state index in [1.54, 1.807) is 0 Å². The van der Waals surface area contributed by atoms with Crippen molar-refractivity contribution in [2.45, 2.75) is 26.7 Å². The maximum absolute atomic E-state index is 8.40. The normalized spacial score (nSPS) is 12.8. The quantitative estimate of drug-likeness (QED) is 0.355. The third kappa shape index (κ3) is 2.50. The van der Waals surface area contributed by atoms with E-state index < -0.39 is 5.89 Å². The van der Waals surface area contributed by atoms with E-state index >= 15 is 0 Å². The van der Waals surface area contributed by atoms with Gasteiger partial charge in [-0.2, -0.15) is 0 Å². The molecular weight excluding hydrogens is 344 g/mol. The number of hydrogen-bond acceptors (Lipinski definition) is 2. The van der Waals surface area contributed by atoms with Crippen molar-refractivity contribution >= 4 is 33.0 Å². The molecule has 138 valence electrons. The van der Waals surface area contributed by atoms with Gasteiger partial charge >= 0.3 is 0 Å². The molecule has 0 aliphatic carbocycles. The number of pyridine rings is 2. The maximum Gasteiger partial charge on any atom is 0.227 e. The summed E-state index contributed by atoms with van der Waals surface area (Å²) < 4.78 is 16.7. The van der Waals surface area contributed by atoms with Crippen LogP contribution in [-0.4, -0.2) is 4.98 Å². The van der Waals surface area contributed by atoms with Crippen LogP contribution in [0.3, 0.4) is 0 Å². The van der Waals surface area contributed by atoms with E-state index in [1.807, 2.05) is 51.4 Å². The molecule has 0 aliphatic rings. The number of nitrogens with zero attached hydrogens (tertiary/aromatic N) is 2. The average Bonchev–Trinajstić information content (AvgIpc) is 3.05. The van der Waals surface area contributed by atoms with Crippen LogP contribution in [0.25, 0.3) is 44.2 Å². The summed E-state index contributed by atoms with van der Waals surface area (Å²) in [6.07, 6.45) is 2.03. The Labute approximate surface area is 165 Å². The standard InChI is InChI=1S/C25H23N2O/c1-15(2)17-11-12-27(4)23(14-17)19-9-10-20-21-13-18-7-5-6-8-22(18)26-25(21)28-24(20)16(19)3/h5-15H,1-4H3/q+1/i15D. The lowest BCUT2D eigenvalue weighted by Crippen LogP contribution is -2.30. The van der Waals surface area contributed by atoms with Gasteiger partial charge in [-0.05, 0) is 42.6 Å². The average molecular weight is 368 g/mol. The summed E-state index contributed by atoms with van der Waals surface area (Å²) in [6.45, 7) is 5.92. The van der Waals surface area contributed by atoms with Crippen molar-refractivity contribution in [3.63, 3.8) is 0 Å². The van der Waals surface area contributed by atoms with E-state index in [0.717, 1.165) is 49.6 Å². The third-order valence-electron chi connectivity index (χ3n) is 5.59. The Balaban J connectivity index is 1.78. The van der Waals surface area contributed by atoms with Gasteiger partial charge in [-0.25, -0.2) is 9.55 Å². The number of para-hydroxylation sites is 1. The van der Waals surface area contributed by atoms with Crippen LogP contribution in [0.5, 0.6) is 0 Å². The summed E-state index contributed by atoms with van der Waals surface area (Å²) >= 11 is 0. The van der Waals surface area contributed by atoms with Gasteiger partial charge < -0.3 is 4.42 Å². The minimum absolute atomic E-state index is 0.648. The monoisotopic (exact) mass is 368 g/mol. The molecule has 0 unspecified atom stereocenters. The molecule has 0 atom stereocenters. The highest BCUT2D eigenvalue weighted by Crippen LogP contribution is 2.36. The molecule has 0 radical (unpaired) electrons. The number of rotatable bonds is 2. The summed E-state index contributed by atoms with van der Waals surface area (Å²) in [5, 5.41) is 3.24. The number of hydrogen-bond donors (Lipinski definition) is 0. The molecule has 28 heavy (non-hydrogen) atoms. The fourth-order valence-corrected chi connectivity index (χ4v) is 3.93. The summed E-state index contributed by atoms with van der Waals surface area (Å²) in [7, 11) is 2.03. The van der Waals surface area contributed by atoms with Crippen molar-refractivity contribution < 1.29 is 10.4 Å². The largest absolute Gasteiger partial charge is 0.437 e. The number of fused-ring (bicyclic) bond motifs is 4. The lowest BCUT2D eigenvalue weighted by molar-refractivity contribution is -0.660. The summed E-state index contributed by atoms with van der Waals surface area (Å²) in [5.74, 6) is -0.648. The van der Waals surface area contributed by atoms with Crippen molar-refractivity contribution in [3.8, 4) is 11.3 Å². The summed E-state index contributed by atoms with van der Waals surface area (Å²) in [4.78, 5) is 4.73. The Morgan fingerprint density at radius 1 is 1.04 bits per heavy atom. The zero-order valence-corrected chi connectivity index (χ0v) is 16.6. The summed E-state index contributed by atoms with van der Waals surface area (Å²) in [6, 6.07) is 18.7. The van der Waals surface area contributed by atoms with Crippen molar-refractivity contribution in [2.24, 2.45) is 7.05 Å². The van der Waals surface area contributed by atoms with Crippen LogP contribution in [0.2, 0.25) is 0 Å². The van der Waals surface area contributed by atoms with Gasteiger partial charge in [-0.3, -0.25) is 0 Å². The zero-order chi connectivity index (χ0) is 20.3. The second-order valence-corrected chi connectivity index (χ2v) is 7.66. The molecule has 5 aromatic rings. The lowest BCUT2D eigenvalue weighted by Gasteiger charge is -2.09. The van der Waals surface area contributed by atoms with Crippen molar-refractivity contribution in [3.05, 3.63) is 71.9 Å². The molecule has 0 aliphatic heterocycles. The Kier molecular flexibility index (Phi) is 3.48. The van der Waals surface area contributed by atoms with E-state index in [4.69, 9.17) is 10.8 Å². The Morgan fingerprint density at radius 2 is 1.86 bits per heavy atom. The molecule has 0 fully saturated rings. The van der Waals surface area contributed by atoms with Crippen LogP contribution < -0.4 is 4.57 Å². The second-order valence-electron chi connectivity index (χ2n) is 7.66. The molecule has 3 heteroatoms. The summed E-state index contributed by atoms with van der Waals surface area (Å²) in [5.41, 5.74) is 6.73. The van der Waals surface area contributed by atoms with Crippen LogP contribution in [0.4, 0.5) is 0 Å². The van der Waals surface area contributed by atoms with Crippen LogP contribution >= 0.6 is 0 Å². The molecule has 3 heterocycles. The van der Waals surface area contributed by atoms with Crippen molar-refractivity contribution in [1.82, 2.24) is 4.98 Å². The van der Waals surface area contributed by atoms with Gasteiger partial charge in [-0.15, -0.1) is 0 Å². The predicted octanol–water partition coefficient (Wildman–Crippen LogP) is 6.06. The molecule has 0 saturated carbocycles. The Bertz CT molecular complexity index is 1410. The number of aromatic nitrogens is 2. The third-order valence-corrected chi connectivity index (χ3v) is 5.59. The van der Waals surface area contributed by atoms with E-state index in [-0.39, 0.29) is 0 Å². The van der Waals surface area contributed by atoms with Crippen LogP contribution in [-0.2, 0) is 7.05 Å². The topological polar surface area (TPSA) is 29.9 Å². The maximum atomic E-state index is 8.40. The highest BCUT2D eigenvalue weighted by Gasteiger charge is 2.19. The lowest BCUT2D eigenvalue weighted by atomic mass is 9.97. The molecular formula is C25H23N2O+. The highest BCUT2D eigenvalue weighted by molar-refractivity contribution is 6.09. The van der Waals surface area contributed by atoms with Crippen LogP contribution in [0.1, 0.15) is 32.2 Å². The first-order valence-electron chi connectivity index (χ1n) is 10.0. The van der Waals surface area contributed by atoms with Crippen molar-refractivity contribution in [1.29, 1.82) is 0 Å². The van der Waals surface area contributed by atoms with Gasteiger partial charge in [-0.1, -0.05) is 32.0 Å². The first-order chi connectivity index (χ1) is 13.8. The second kappa shape index (κ2) is 6.16. The Hall–Kier alpha value is -3.20. The molecule has 5 rings (SSSR count). The first kappa shape index (κ1) is 15.8. The van der Waals surface area contributed by atoms with Gasteiger partial charge in [0.05, 0.1) is 11.1 Å². The smallest absolute Gasteiger partial charge is 0.227 e. The number of furan rings is 1. The molecule has 0 bridgehead atoms. The molecule has 0 N–H and O–H groups in total. The first-order valence-corrected chi connectivity index (χ1v) is 9.55. The Morgan fingerprint density at radius 3 is 2.68 bits per heavy atom. The van der Waals surface area contributed by atoms with E-state index in [1.165, 1.54) is 0 Å². The van der Waals surface area contributed by atoms with E-state index in [9.17, 15) is 0 Å². The molecule has 3 aromatic heterocycles. The van der Waals surface area contributed by atoms with E-state index in [0.29, 0.717) is 5.71 Å². The number of aryl methyl sites for hydroxylation is 2. The molecule has 3 nitrogen and oxygen atoms in total. The fourth-order valence-electron chi connectivity index (χ4n) is 3.93. The van der Waals surface area contributed by atoms with Gasteiger partial charge in [0.1, 0.15) is 12.6 Å². The van der Waals surface area contributed by atoms with Crippen LogP contribution in [0, 0.1) is 6.92 Å². The van der Waals surface area contributed by atoms with Gasteiger partial charge in [0.25, 0.3) is 0 Å². The van der Waals surface area contributed by atoms with Gasteiger partial charge in [0.2, 0.25) is 11.4 Å². The number of benzene rings is 2. The molecule has 2 aromatic carbocycles. The SMILES string of the molecule is [2H]C(C)(C)c1cc[n+](C)c(-c2ccc3c(oc4nc5ccccc5cc43)c2C)c1. The zero-order valence-electron chi connectivity index (χ0n) is 17.6. The fraction of sp³-hybridized carbons (Fsp3) is 0.200. The molecule has 0 saturated heterocycles. The van der Waals surface area contributed by atoms with Crippen molar-refractivity contribution in [2.75, 3.05) is 0 Å². The highest BCUT2D eigenvalue weighted by atomic mass is 16.3.